The number of hydrogen-bond donors (Lipinski definition) is 2. The van der Waals surface area contributed by atoms with Crippen molar-refractivity contribution in [1.29, 1.82) is 0 Å². The van der Waals surface area contributed by atoms with Crippen molar-refractivity contribution in [3.8, 4) is 0 Å². The molecular formula is C15H15ClFNO. The van der Waals surface area contributed by atoms with Gasteiger partial charge in [-0.15, -0.1) is 0 Å². The molecule has 0 aliphatic rings. The van der Waals surface area contributed by atoms with Crippen molar-refractivity contribution < 1.29 is 9.50 Å². The van der Waals surface area contributed by atoms with Gasteiger partial charge in [-0.05, 0) is 36.8 Å². The van der Waals surface area contributed by atoms with E-state index in [-0.39, 0.29) is 6.61 Å². The zero-order valence-electron chi connectivity index (χ0n) is 10.5. The van der Waals surface area contributed by atoms with E-state index < -0.39 is 11.4 Å². The molecule has 4 heteroatoms. The molecular weight excluding hydrogens is 265 g/mol. The molecule has 0 aromatic heterocycles. The fraction of sp³-hybridized carbons (Fsp3) is 0.200. The van der Waals surface area contributed by atoms with Crippen molar-refractivity contribution >= 4 is 17.3 Å². The zero-order chi connectivity index (χ0) is 13.9. The Hall–Kier alpha value is -1.58. The summed E-state index contributed by atoms with van der Waals surface area (Å²) in [5.74, 6) is -0.395. The Bertz CT molecular complexity index is 561. The van der Waals surface area contributed by atoms with Gasteiger partial charge in [-0.3, -0.25) is 0 Å². The number of aliphatic hydroxyl groups is 1. The Morgan fingerprint density at radius 2 is 1.89 bits per heavy atom. The van der Waals surface area contributed by atoms with Crippen LogP contribution in [0.25, 0.3) is 0 Å². The lowest BCUT2D eigenvalue weighted by molar-refractivity contribution is 0.224. The van der Waals surface area contributed by atoms with E-state index in [0.29, 0.717) is 10.6 Å². The van der Waals surface area contributed by atoms with Gasteiger partial charge >= 0.3 is 0 Å². The monoisotopic (exact) mass is 279 g/mol. The summed E-state index contributed by atoms with van der Waals surface area (Å²) < 4.78 is 13.1. The SMILES string of the molecule is CC(CO)(Nc1ccccc1)c1ccc(F)cc1Cl. The summed E-state index contributed by atoms with van der Waals surface area (Å²) in [6.45, 7) is 1.66. The highest BCUT2D eigenvalue weighted by molar-refractivity contribution is 6.31. The predicted molar refractivity (Wildman–Crippen MR) is 75.9 cm³/mol. The first-order chi connectivity index (χ1) is 9.05. The number of hydrogen-bond acceptors (Lipinski definition) is 2. The maximum absolute atomic E-state index is 13.1. The van der Waals surface area contributed by atoms with E-state index in [4.69, 9.17) is 11.6 Å². The highest BCUT2D eigenvalue weighted by atomic mass is 35.5. The lowest BCUT2D eigenvalue weighted by Gasteiger charge is -2.31. The summed E-state index contributed by atoms with van der Waals surface area (Å²) in [4.78, 5) is 0. The number of para-hydroxylation sites is 1. The quantitative estimate of drug-likeness (QED) is 0.892. The zero-order valence-corrected chi connectivity index (χ0v) is 11.3. The Morgan fingerprint density at radius 3 is 2.47 bits per heavy atom. The fourth-order valence-electron chi connectivity index (χ4n) is 1.97. The Balaban J connectivity index is 2.36. The largest absolute Gasteiger partial charge is 0.394 e. The van der Waals surface area contributed by atoms with E-state index in [1.807, 2.05) is 37.3 Å². The van der Waals surface area contributed by atoms with E-state index in [9.17, 15) is 9.50 Å². The van der Waals surface area contributed by atoms with Crippen molar-refractivity contribution in [1.82, 2.24) is 0 Å². The molecule has 0 heterocycles. The summed E-state index contributed by atoms with van der Waals surface area (Å²) in [5, 5.41) is 13.2. The molecule has 0 saturated carbocycles. The second-order valence-corrected chi connectivity index (χ2v) is 5.01. The van der Waals surface area contributed by atoms with Gasteiger partial charge in [0.1, 0.15) is 5.82 Å². The Labute approximate surface area is 116 Å². The summed E-state index contributed by atoms with van der Waals surface area (Å²) in [7, 11) is 0. The van der Waals surface area contributed by atoms with Crippen LogP contribution in [0.1, 0.15) is 12.5 Å². The van der Waals surface area contributed by atoms with Crippen LogP contribution in [0.2, 0.25) is 5.02 Å². The normalized spacial score (nSPS) is 13.9. The van der Waals surface area contributed by atoms with Gasteiger partial charge in [0.2, 0.25) is 0 Å². The molecule has 0 spiro atoms. The second kappa shape index (κ2) is 5.59. The first-order valence-corrected chi connectivity index (χ1v) is 6.32. The van der Waals surface area contributed by atoms with Gasteiger partial charge in [-0.2, -0.15) is 0 Å². The van der Waals surface area contributed by atoms with Crippen LogP contribution in [-0.4, -0.2) is 11.7 Å². The number of aliphatic hydroxyl groups excluding tert-OH is 1. The fourth-order valence-corrected chi connectivity index (χ4v) is 2.34. The highest BCUT2D eigenvalue weighted by Gasteiger charge is 2.28. The summed E-state index contributed by atoms with van der Waals surface area (Å²) in [6, 6.07) is 13.7. The number of halogens is 2. The van der Waals surface area contributed by atoms with Crippen LogP contribution < -0.4 is 5.32 Å². The minimum absolute atomic E-state index is 0.159. The first-order valence-electron chi connectivity index (χ1n) is 5.95. The lowest BCUT2D eigenvalue weighted by Crippen LogP contribution is -2.36. The molecule has 0 bridgehead atoms. The van der Waals surface area contributed by atoms with Gasteiger partial charge in [-0.25, -0.2) is 4.39 Å². The number of nitrogens with one attached hydrogen (secondary N) is 1. The minimum atomic E-state index is -0.772. The Kier molecular flexibility index (Phi) is 4.08. The molecule has 0 aliphatic heterocycles. The van der Waals surface area contributed by atoms with Crippen LogP contribution in [0.15, 0.2) is 48.5 Å². The van der Waals surface area contributed by atoms with Crippen LogP contribution in [-0.2, 0) is 5.54 Å². The lowest BCUT2D eigenvalue weighted by atomic mass is 9.92. The molecule has 19 heavy (non-hydrogen) atoms. The van der Waals surface area contributed by atoms with Gasteiger partial charge in [0.25, 0.3) is 0 Å². The van der Waals surface area contributed by atoms with Gasteiger partial charge in [0.05, 0.1) is 12.1 Å². The van der Waals surface area contributed by atoms with E-state index in [2.05, 4.69) is 5.32 Å². The smallest absolute Gasteiger partial charge is 0.124 e. The average Bonchev–Trinajstić information content (AvgIpc) is 2.39. The molecule has 0 fully saturated rings. The number of rotatable bonds is 4. The molecule has 1 unspecified atom stereocenters. The molecule has 0 amide bonds. The number of benzene rings is 2. The minimum Gasteiger partial charge on any atom is -0.394 e. The molecule has 2 nitrogen and oxygen atoms in total. The van der Waals surface area contributed by atoms with Crippen molar-refractivity contribution in [2.24, 2.45) is 0 Å². The molecule has 100 valence electrons. The molecule has 0 radical (unpaired) electrons. The van der Waals surface area contributed by atoms with Crippen LogP contribution in [0.3, 0.4) is 0 Å². The van der Waals surface area contributed by atoms with Crippen LogP contribution in [0.5, 0.6) is 0 Å². The van der Waals surface area contributed by atoms with E-state index in [1.165, 1.54) is 12.1 Å². The number of anilines is 1. The predicted octanol–water partition coefficient (Wildman–Crippen LogP) is 3.80. The molecule has 2 rings (SSSR count). The molecule has 2 aromatic rings. The molecule has 2 aromatic carbocycles. The molecule has 1 atom stereocenters. The van der Waals surface area contributed by atoms with Crippen LogP contribution in [0.4, 0.5) is 10.1 Å². The van der Waals surface area contributed by atoms with Crippen LogP contribution >= 0.6 is 11.6 Å². The maximum atomic E-state index is 13.1. The summed E-state index contributed by atoms with van der Waals surface area (Å²) in [5.41, 5.74) is 0.743. The van der Waals surface area contributed by atoms with Gasteiger partial charge in [-0.1, -0.05) is 35.9 Å². The van der Waals surface area contributed by atoms with E-state index in [1.54, 1.807) is 6.07 Å². The summed E-state index contributed by atoms with van der Waals surface area (Å²) >= 11 is 6.07. The first kappa shape index (κ1) is 13.8. The molecule has 0 aliphatic carbocycles. The second-order valence-electron chi connectivity index (χ2n) is 4.61. The summed E-state index contributed by atoms with van der Waals surface area (Å²) in [6.07, 6.45) is 0. The third-order valence-electron chi connectivity index (χ3n) is 3.04. The van der Waals surface area contributed by atoms with Gasteiger partial charge < -0.3 is 10.4 Å². The van der Waals surface area contributed by atoms with Crippen molar-refractivity contribution in [2.45, 2.75) is 12.5 Å². The Morgan fingerprint density at radius 1 is 1.21 bits per heavy atom. The van der Waals surface area contributed by atoms with Gasteiger partial charge in [0.15, 0.2) is 0 Å². The third kappa shape index (κ3) is 3.06. The van der Waals surface area contributed by atoms with Crippen molar-refractivity contribution in [2.75, 3.05) is 11.9 Å². The standard InChI is InChI=1S/C15H15ClFNO/c1-15(10-19,18-12-5-3-2-4-6-12)13-8-7-11(17)9-14(13)16/h2-9,18-19H,10H2,1H3. The third-order valence-corrected chi connectivity index (χ3v) is 3.35. The van der Waals surface area contributed by atoms with E-state index >= 15 is 0 Å². The molecule has 0 saturated heterocycles. The molecule has 2 N–H and O–H groups in total. The van der Waals surface area contributed by atoms with Crippen LogP contribution in [0, 0.1) is 5.82 Å². The van der Waals surface area contributed by atoms with E-state index in [0.717, 1.165) is 5.69 Å². The van der Waals surface area contributed by atoms with Crippen molar-refractivity contribution in [3.63, 3.8) is 0 Å². The average molecular weight is 280 g/mol. The van der Waals surface area contributed by atoms with Crippen molar-refractivity contribution in [3.05, 3.63) is 64.9 Å². The highest BCUT2D eigenvalue weighted by Crippen LogP contribution is 2.31. The maximum Gasteiger partial charge on any atom is 0.124 e. The van der Waals surface area contributed by atoms with Gasteiger partial charge in [0, 0.05) is 10.7 Å². The topological polar surface area (TPSA) is 32.3 Å².